The number of hydrogen-bond acceptors (Lipinski definition) is 1. The third-order valence-corrected chi connectivity index (χ3v) is 14.7. The summed E-state index contributed by atoms with van der Waals surface area (Å²) in [6.45, 7) is 24.1. The van der Waals surface area contributed by atoms with Crippen molar-refractivity contribution in [3.8, 4) is 0 Å². The molecule has 1 aromatic carbocycles. The van der Waals surface area contributed by atoms with Crippen molar-refractivity contribution in [2.24, 2.45) is 10.8 Å². The first-order valence-electron chi connectivity index (χ1n) is 11.7. The minimum absolute atomic E-state index is 0.157. The zero-order valence-electron chi connectivity index (χ0n) is 22.0. The second-order valence-corrected chi connectivity index (χ2v) is 14.5. The van der Waals surface area contributed by atoms with E-state index in [0.29, 0.717) is 0 Å². The van der Waals surface area contributed by atoms with Crippen molar-refractivity contribution >= 4 is 5.69 Å². The van der Waals surface area contributed by atoms with E-state index < -0.39 is 17.9 Å². The summed E-state index contributed by atoms with van der Waals surface area (Å²) < 4.78 is 4.80. The Labute approximate surface area is 197 Å². The standard InChI is InChI=1S/2C10H15.C9H12N.Ti/c2*1-7-6-10(4,5)9(3)8(7)2;1-8-6-4-5-7-9(8)10(2)3;/h2*1-5H3;4-7H,1H2,2-3H3;. The summed E-state index contributed by atoms with van der Waals surface area (Å²) in [5.41, 5.74) is 12.6. The van der Waals surface area contributed by atoms with Crippen LogP contribution >= 0.6 is 0 Å². The van der Waals surface area contributed by atoms with Gasteiger partial charge in [0.25, 0.3) is 0 Å². The fraction of sp³-hybridized carbons (Fsp3) is 0.517. The molecular weight excluding hydrogens is 410 g/mol. The molecule has 0 unspecified atom stereocenters. The molecule has 0 spiro atoms. The molecule has 0 N–H and O–H groups in total. The minimum atomic E-state index is -1.88. The Morgan fingerprint density at radius 3 is 1.45 bits per heavy atom. The number of hydrogen-bond donors (Lipinski definition) is 0. The summed E-state index contributed by atoms with van der Waals surface area (Å²) >= 11 is -1.88. The molecule has 0 radical (unpaired) electrons. The third kappa shape index (κ3) is 3.76. The van der Waals surface area contributed by atoms with Gasteiger partial charge in [-0.1, -0.05) is 0 Å². The monoisotopic (exact) mass is 452 g/mol. The van der Waals surface area contributed by atoms with Gasteiger partial charge in [-0.25, -0.2) is 0 Å². The van der Waals surface area contributed by atoms with Crippen molar-refractivity contribution in [2.45, 2.75) is 74.0 Å². The molecule has 0 saturated heterocycles. The van der Waals surface area contributed by atoms with Crippen LogP contribution < -0.4 is 4.90 Å². The van der Waals surface area contributed by atoms with Gasteiger partial charge >= 0.3 is 198 Å². The molecule has 0 aromatic heterocycles. The van der Waals surface area contributed by atoms with Gasteiger partial charge in [0.15, 0.2) is 0 Å². The van der Waals surface area contributed by atoms with Crippen LogP contribution in [0.1, 0.15) is 74.8 Å². The number of nitrogens with zero attached hydrogens (tertiary/aromatic N) is 1. The Bertz CT molecular complexity index is 982. The normalized spacial score (nSPS) is 20.4. The Kier molecular flexibility index (Phi) is 6.47. The third-order valence-electron chi connectivity index (χ3n) is 8.57. The van der Waals surface area contributed by atoms with E-state index in [1.54, 1.807) is 30.0 Å². The van der Waals surface area contributed by atoms with Gasteiger partial charge in [0.2, 0.25) is 0 Å². The summed E-state index contributed by atoms with van der Waals surface area (Å²) in [6, 6.07) is 9.07. The first kappa shape index (κ1) is 24.3. The van der Waals surface area contributed by atoms with Gasteiger partial charge < -0.3 is 0 Å². The van der Waals surface area contributed by atoms with Crippen molar-refractivity contribution in [1.82, 2.24) is 0 Å². The van der Waals surface area contributed by atoms with Crippen molar-refractivity contribution < 1.29 is 17.9 Å². The molecule has 1 aromatic rings. The number of para-hydroxylation sites is 1. The summed E-state index contributed by atoms with van der Waals surface area (Å²) in [6.07, 6.45) is 0. The molecule has 2 aliphatic rings. The summed E-state index contributed by atoms with van der Waals surface area (Å²) in [5, 5.41) is 0. The molecule has 31 heavy (non-hydrogen) atoms. The fourth-order valence-electron chi connectivity index (χ4n) is 5.98. The first-order chi connectivity index (χ1) is 14.2. The molecule has 2 aliphatic carbocycles. The predicted molar refractivity (Wildman–Crippen MR) is 134 cm³/mol. The Hall–Kier alpha value is -1.31. The van der Waals surface area contributed by atoms with Crippen LogP contribution in [-0.2, 0) is 22.6 Å². The van der Waals surface area contributed by atoms with Crippen LogP contribution in [0.5, 0.6) is 0 Å². The fourth-order valence-corrected chi connectivity index (χ4v) is 12.9. The topological polar surface area (TPSA) is 3.24 Å². The van der Waals surface area contributed by atoms with E-state index in [-0.39, 0.29) is 10.8 Å². The molecule has 3 rings (SSSR count). The van der Waals surface area contributed by atoms with E-state index in [0.717, 1.165) is 0 Å². The van der Waals surface area contributed by atoms with Crippen LogP contribution in [0.15, 0.2) is 65.5 Å². The van der Waals surface area contributed by atoms with E-state index in [4.69, 9.17) is 0 Å². The zero-order chi connectivity index (χ0) is 23.5. The summed E-state index contributed by atoms with van der Waals surface area (Å²) in [5.74, 6) is 0. The molecule has 0 bridgehead atoms. The van der Waals surface area contributed by atoms with Gasteiger partial charge in [-0.05, 0) is 0 Å². The molecule has 0 saturated carbocycles. The summed E-state index contributed by atoms with van der Waals surface area (Å²) in [7, 11) is 4.36. The van der Waals surface area contributed by atoms with Gasteiger partial charge in [0.05, 0.1) is 0 Å². The van der Waals surface area contributed by atoms with E-state index in [2.05, 4.69) is 112 Å². The predicted octanol–water partition coefficient (Wildman–Crippen LogP) is 8.17. The van der Waals surface area contributed by atoms with Crippen molar-refractivity contribution in [2.75, 3.05) is 19.0 Å². The van der Waals surface area contributed by atoms with Crippen molar-refractivity contribution in [3.05, 3.63) is 71.0 Å². The van der Waals surface area contributed by atoms with E-state index in [1.165, 1.54) is 27.1 Å². The molecule has 0 amide bonds. The van der Waals surface area contributed by atoms with E-state index in [1.807, 2.05) is 0 Å². The zero-order valence-corrected chi connectivity index (χ0v) is 23.5. The van der Waals surface area contributed by atoms with Crippen LogP contribution in [0.2, 0.25) is 0 Å². The molecule has 0 fully saturated rings. The Balaban J connectivity index is 2.26. The molecule has 167 valence electrons. The molecule has 0 heterocycles. The number of allylic oxidation sites excluding steroid dienone is 8. The average Bonchev–Trinajstić information content (AvgIpc) is 2.94. The Morgan fingerprint density at radius 1 is 0.677 bits per heavy atom. The van der Waals surface area contributed by atoms with Gasteiger partial charge in [-0.3, -0.25) is 0 Å². The molecule has 2 heteroatoms. The van der Waals surface area contributed by atoms with Gasteiger partial charge in [-0.2, -0.15) is 0 Å². The van der Waals surface area contributed by atoms with Crippen molar-refractivity contribution in [3.63, 3.8) is 0 Å². The van der Waals surface area contributed by atoms with E-state index >= 15 is 0 Å². The van der Waals surface area contributed by atoms with Gasteiger partial charge in [-0.15, -0.1) is 0 Å². The molecule has 1 nitrogen and oxygen atoms in total. The van der Waals surface area contributed by atoms with Crippen LogP contribution in [0, 0.1) is 10.8 Å². The number of anilines is 1. The SMILES string of the molecule is CC1=C(C)C(C)(C)[C]([Ti]([CH2]c2ccccc2N(C)C)[C]2=C(C)C(C)=C(C)C2(C)C)=C1C. The van der Waals surface area contributed by atoms with E-state index in [9.17, 15) is 0 Å². The van der Waals surface area contributed by atoms with Crippen LogP contribution in [-0.4, -0.2) is 14.1 Å². The van der Waals surface area contributed by atoms with Crippen LogP contribution in [0.4, 0.5) is 5.69 Å². The van der Waals surface area contributed by atoms with Crippen LogP contribution in [0.3, 0.4) is 0 Å². The maximum absolute atomic E-state index is 2.48. The average molecular weight is 453 g/mol. The first-order valence-corrected chi connectivity index (χ1v) is 14.3. The maximum atomic E-state index is 2.48. The molecular formula is C29H42NTi. The van der Waals surface area contributed by atoms with Gasteiger partial charge in [0, 0.05) is 0 Å². The molecule has 0 atom stereocenters. The van der Waals surface area contributed by atoms with Crippen molar-refractivity contribution in [1.29, 1.82) is 0 Å². The second kappa shape index (κ2) is 8.24. The summed E-state index contributed by atoms with van der Waals surface area (Å²) in [4.78, 5) is 2.29. The number of rotatable bonds is 5. The van der Waals surface area contributed by atoms with Gasteiger partial charge in [0.1, 0.15) is 0 Å². The van der Waals surface area contributed by atoms with Crippen LogP contribution in [0.25, 0.3) is 0 Å². The second-order valence-electron chi connectivity index (χ2n) is 10.9. The molecule has 0 aliphatic heterocycles. The number of benzene rings is 1. The quantitative estimate of drug-likeness (QED) is 0.407. The Morgan fingerprint density at radius 2 is 1.10 bits per heavy atom.